The molecule has 0 saturated carbocycles. The van der Waals surface area contributed by atoms with Gasteiger partial charge in [-0.05, 0) is 36.2 Å². The number of hydrogen-bond donors (Lipinski definition) is 0. The smallest absolute Gasteiger partial charge is 0.373 e. The fourth-order valence-electron chi connectivity index (χ4n) is 2.77. The van der Waals surface area contributed by atoms with Gasteiger partial charge in [0.1, 0.15) is 12.4 Å². The van der Waals surface area contributed by atoms with Crippen molar-refractivity contribution < 1.29 is 28.3 Å². The molecule has 2 heterocycles. The number of esters is 2. The zero-order valence-corrected chi connectivity index (χ0v) is 14.4. The van der Waals surface area contributed by atoms with Gasteiger partial charge in [0.15, 0.2) is 0 Å². The summed E-state index contributed by atoms with van der Waals surface area (Å²) in [5.74, 6) is -0.562. The van der Waals surface area contributed by atoms with Gasteiger partial charge in [-0.15, -0.1) is 0 Å². The summed E-state index contributed by atoms with van der Waals surface area (Å²) in [5, 5.41) is 0. The van der Waals surface area contributed by atoms with Crippen LogP contribution in [-0.4, -0.2) is 36.4 Å². The molecule has 0 bridgehead atoms. The molecule has 0 N–H and O–H groups in total. The molecule has 136 valence electrons. The number of nitrogens with zero attached hydrogens (tertiary/aromatic N) is 1. The van der Waals surface area contributed by atoms with Crippen LogP contribution in [-0.2, 0) is 27.4 Å². The van der Waals surface area contributed by atoms with E-state index < -0.39 is 11.9 Å². The molecule has 1 aliphatic heterocycles. The Bertz CT molecular complexity index is 825. The van der Waals surface area contributed by atoms with Crippen LogP contribution in [0.15, 0.2) is 40.8 Å². The molecule has 0 spiro atoms. The molecule has 0 unspecified atom stereocenters. The van der Waals surface area contributed by atoms with Crippen molar-refractivity contribution in [1.82, 2.24) is 4.90 Å². The molecule has 7 nitrogen and oxygen atoms in total. The topological polar surface area (TPSA) is 86.0 Å². The van der Waals surface area contributed by atoms with Gasteiger partial charge in [-0.2, -0.15) is 0 Å². The van der Waals surface area contributed by atoms with Crippen LogP contribution in [0.4, 0.5) is 0 Å². The number of carbonyl (C=O) groups excluding carboxylic acids is 3. The molecular weight excluding hydrogens is 338 g/mol. The standard InChI is InChI=1S/C19H19NO6/c1-24-19(23)16-8-7-15(26-16)12-25-18(22)14-5-2-4-13(10-14)11-20-9-3-6-17(20)21/h2,4-5,7-8,10H,3,6,9,11-12H2,1H3. The summed E-state index contributed by atoms with van der Waals surface area (Å²) >= 11 is 0. The van der Waals surface area contributed by atoms with E-state index in [1.54, 1.807) is 29.2 Å². The van der Waals surface area contributed by atoms with Gasteiger partial charge in [0.05, 0.1) is 12.7 Å². The molecule has 1 saturated heterocycles. The zero-order chi connectivity index (χ0) is 18.5. The summed E-state index contributed by atoms with van der Waals surface area (Å²) < 4.78 is 15.0. The number of likely N-dealkylation sites (tertiary alicyclic amines) is 1. The number of methoxy groups -OCH3 is 1. The van der Waals surface area contributed by atoms with Crippen LogP contribution in [0.5, 0.6) is 0 Å². The van der Waals surface area contributed by atoms with Crippen molar-refractivity contribution in [1.29, 1.82) is 0 Å². The first-order valence-corrected chi connectivity index (χ1v) is 8.27. The predicted molar refractivity (Wildman–Crippen MR) is 90.3 cm³/mol. The molecule has 3 rings (SSSR count). The van der Waals surface area contributed by atoms with E-state index in [1.165, 1.54) is 13.2 Å². The van der Waals surface area contributed by atoms with Gasteiger partial charge >= 0.3 is 11.9 Å². The number of rotatable bonds is 6. The van der Waals surface area contributed by atoms with Crippen molar-refractivity contribution >= 4 is 17.8 Å². The second-order valence-electron chi connectivity index (χ2n) is 5.95. The van der Waals surface area contributed by atoms with Crippen LogP contribution in [0.1, 0.15) is 45.1 Å². The van der Waals surface area contributed by atoms with Gasteiger partial charge in [-0.3, -0.25) is 4.79 Å². The third-order valence-electron chi connectivity index (χ3n) is 4.10. The molecule has 0 aliphatic carbocycles. The highest BCUT2D eigenvalue weighted by molar-refractivity contribution is 5.89. The normalized spacial score (nSPS) is 13.7. The van der Waals surface area contributed by atoms with E-state index in [0.717, 1.165) is 18.5 Å². The quantitative estimate of drug-likeness (QED) is 0.739. The SMILES string of the molecule is COC(=O)c1ccc(COC(=O)c2cccc(CN3CCCC3=O)c2)o1. The second-order valence-corrected chi connectivity index (χ2v) is 5.95. The Morgan fingerprint density at radius 1 is 1.19 bits per heavy atom. The summed E-state index contributed by atoms with van der Waals surface area (Å²) in [6.07, 6.45) is 1.45. The van der Waals surface area contributed by atoms with Gasteiger partial charge in [-0.25, -0.2) is 9.59 Å². The van der Waals surface area contributed by atoms with Crippen molar-refractivity contribution in [3.63, 3.8) is 0 Å². The van der Waals surface area contributed by atoms with Crippen LogP contribution in [0.2, 0.25) is 0 Å². The Balaban J connectivity index is 1.59. The number of benzene rings is 1. The largest absolute Gasteiger partial charge is 0.463 e. The minimum Gasteiger partial charge on any atom is -0.463 e. The van der Waals surface area contributed by atoms with Crippen LogP contribution in [0, 0.1) is 0 Å². The van der Waals surface area contributed by atoms with E-state index in [-0.39, 0.29) is 18.3 Å². The van der Waals surface area contributed by atoms with Crippen LogP contribution in [0.3, 0.4) is 0 Å². The van der Waals surface area contributed by atoms with E-state index in [1.807, 2.05) is 6.07 Å². The Morgan fingerprint density at radius 3 is 2.77 bits per heavy atom. The number of ether oxygens (including phenoxy) is 2. The fraction of sp³-hybridized carbons (Fsp3) is 0.316. The minimum atomic E-state index is -0.591. The monoisotopic (exact) mass is 357 g/mol. The van der Waals surface area contributed by atoms with Crippen molar-refractivity contribution in [2.75, 3.05) is 13.7 Å². The molecule has 26 heavy (non-hydrogen) atoms. The lowest BCUT2D eigenvalue weighted by Gasteiger charge is -2.15. The van der Waals surface area contributed by atoms with Crippen molar-refractivity contribution in [2.24, 2.45) is 0 Å². The van der Waals surface area contributed by atoms with Crippen molar-refractivity contribution in [3.8, 4) is 0 Å². The van der Waals surface area contributed by atoms with Gasteiger partial charge in [-0.1, -0.05) is 12.1 Å². The minimum absolute atomic E-state index is 0.0517. The zero-order valence-electron chi connectivity index (χ0n) is 14.4. The maximum Gasteiger partial charge on any atom is 0.373 e. The third kappa shape index (κ3) is 4.11. The highest BCUT2D eigenvalue weighted by Crippen LogP contribution is 2.16. The fourth-order valence-corrected chi connectivity index (χ4v) is 2.77. The molecule has 2 aromatic rings. The molecule has 7 heteroatoms. The Kier molecular flexibility index (Phi) is 5.36. The summed E-state index contributed by atoms with van der Waals surface area (Å²) in [4.78, 5) is 37.1. The van der Waals surface area contributed by atoms with E-state index in [4.69, 9.17) is 9.15 Å². The van der Waals surface area contributed by atoms with Gasteiger partial charge in [0.2, 0.25) is 11.7 Å². The third-order valence-corrected chi connectivity index (χ3v) is 4.10. The lowest BCUT2D eigenvalue weighted by atomic mass is 10.1. The lowest BCUT2D eigenvalue weighted by molar-refractivity contribution is -0.128. The van der Waals surface area contributed by atoms with Crippen molar-refractivity contribution in [2.45, 2.75) is 26.0 Å². The lowest BCUT2D eigenvalue weighted by Crippen LogP contribution is -2.23. The van der Waals surface area contributed by atoms with Gasteiger partial charge in [0, 0.05) is 19.5 Å². The Morgan fingerprint density at radius 2 is 2.04 bits per heavy atom. The Labute approximate surface area is 150 Å². The highest BCUT2D eigenvalue weighted by Gasteiger charge is 2.20. The Hall–Kier alpha value is -3.09. The molecule has 0 atom stereocenters. The molecule has 1 fully saturated rings. The maximum atomic E-state index is 12.2. The number of carbonyl (C=O) groups is 3. The van der Waals surface area contributed by atoms with Gasteiger partial charge in [0.25, 0.3) is 0 Å². The summed E-state index contributed by atoms with van der Waals surface area (Å²) in [6, 6.07) is 10.0. The van der Waals surface area contributed by atoms with E-state index in [2.05, 4.69) is 4.74 Å². The van der Waals surface area contributed by atoms with E-state index >= 15 is 0 Å². The highest BCUT2D eigenvalue weighted by atomic mass is 16.5. The summed E-state index contributed by atoms with van der Waals surface area (Å²) in [7, 11) is 1.26. The second kappa shape index (κ2) is 7.86. The van der Waals surface area contributed by atoms with Crippen LogP contribution >= 0.6 is 0 Å². The first kappa shape index (κ1) is 17.7. The van der Waals surface area contributed by atoms with Crippen LogP contribution in [0.25, 0.3) is 0 Å². The van der Waals surface area contributed by atoms with Gasteiger partial charge < -0.3 is 18.8 Å². The first-order chi connectivity index (χ1) is 12.6. The molecule has 1 amide bonds. The molecular formula is C19H19NO6. The molecule has 1 aromatic carbocycles. The molecule has 1 aromatic heterocycles. The number of hydrogen-bond acceptors (Lipinski definition) is 6. The predicted octanol–water partition coefficient (Wildman–Crippen LogP) is 2.55. The maximum absolute atomic E-state index is 12.2. The number of furan rings is 1. The average molecular weight is 357 g/mol. The van der Waals surface area contributed by atoms with Crippen molar-refractivity contribution in [3.05, 3.63) is 59.0 Å². The summed E-state index contributed by atoms with van der Waals surface area (Å²) in [5.41, 5.74) is 1.27. The molecule has 1 aliphatic rings. The van der Waals surface area contributed by atoms with E-state index in [9.17, 15) is 14.4 Å². The first-order valence-electron chi connectivity index (χ1n) is 8.27. The summed E-state index contributed by atoms with van der Waals surface area (Å²) in [6.45, 7) is 1.14. The number of amides is 1. The molecule has 0 radical (unpaired) electrons. The average Bonchev–Trinajstić information content (AvgIpc) is 3.29. The van der Waals surface area contributed by atoms with E-state index in [0.29, 0.717) is 24.3 Å². The van der Waals surface area contributed by atoms with Crippen LogP contribution < -0.4 is 0 Å².